The van der Waals surface area contributed by atoms with Gasteiger partial charge in [0.25, 0.3) is 0 Å². The van der Waals surface area contributed by atoms with Gasteiger partial charge in [0.05, 0.1) is 0 Å². The van der Waals surface area contributed by atoms with Crippen molar-refractivity contribution >= 4 is 11.6 Å². The topological polar surface area (TPSA) is 23.6 Å². The van der Waals surface area contributed by atoms with Gasteiger partial charge in [0.15, 0.2) is 0 Å². The molecule has 0 spiro atoms. The van der Waals surface area contributed by atoms with Crippen LogP contribution in [0.15, 0.2) is 30.3 Å². The summed E-state index contributed by atoms with van der Waals surface area (Å²) in [7, 11) is 0. The second-order valence-corrected chi connectivity index (χ2v) is 6.38. The molecular formula is C16H24N2O. The van der Waals surface area contributed by atoms with Gasteiger partial charge in [-0.3, -0.25) is 4.79 Å². The van der Waals surface area contributed by atoms with E-state index in [2.05, 4.69) is 36.1 Å². The van der Waals surface area contributed by atoms with Crippen molar-refractivity contribution in [3.8, 4) is 0 Å². The van der Waals surface area contributed by atoms with E-state index in [1.807, 2.05) is 31.7 Å². The maximum Gasteiger partial charge on any atom is 0.228 e. The summed E-state index contributed by atoms with van der Waals surface area (Å²) in [6, 6.07) is 10.7. The lowest BCUT2D eigenvalue weighted by atomic mass is 9.93. The third kappa shape index (κ3) is 3.09. The monoisotopic (exact) mass is 260 g/mol. The van der Waals surface area contributed by atoms with Crippen molar-refractivity contribution in [2.24, 2.45) is 5.41 Å². The first-order chi connectivity index (χ1) is 8.89. The van der Waals surface area contributed by atoms with Gasteiger partial charge >= 0.3 is 0 Å². The van der Waals surface area contributed by atoms with Crippen molar-refractivity contribution in [3.05, 3.63) is 30.3 Å². The van der Waals surface area contributed by atoms with Crippen molar-refractivity contribution in [2.45, 2.75) is 33.7 Å². The summed E-state index contributed by atoms with van der Waals surface area (Å²) in [5.41, 5.74) is 0.959. The maximum atomic E-state index is 12.4. The molecule has 0 aromatic heterocycles. The van der Waals surface area contributed by atoms with E-state index in [0.29, 0.717) is 0 Å². The summed E-state index contributed by atoms with van der Waals surface area (Å²) in [4.78, 5) is 16.8. The van der Waals surface area contributed by atoms with Gasteiger partial charge in [0.2, 0.25) is 5.91 Å². The molecular weight excluding hydrogens is 236 g/mol. The molecule has 1 aromatic rings. The lowest BCUT2D eigenvalue weighted by molar-refractivity contribution is -0.142. The first-order valence-corrected chi connectivity index (χ1v) is 7.00. The van der Waals surface area contributed by atoms with E-state index in [1.165, 1.54) is 5.69 Å². The molecule has 19 heavy (non-hydrogen) atoms. The molecule has 1 heterocycles. The molecule has 0 saturated carbocycles. The molecule has 1 atom stereocenters. The first kappa shape index (κ1) is 13.9. The molecule has 0 N–H and O–H groups in total. The molecule has 0 aliphatic carbocycles. The molecule has 1 aliphatic rings. The van der Waals surface area contributed by atoms with Crippen LogP contribution in [0.4, 0.5) is 5.69 Å². The minimum absolute atomic E-state index is 0.257. The molecule has 0 radical (unpaired) electrons. The van der Waals surface area contributed by atoms with Gasteiger partial charge in [0.1, 0.15) is 0 Å². The first-order valence-electron chi connectivity index (χ1n) is 7.00. The van der Waals surface area contributed by atoms with Crippen molar-refractivity contribution in [1.82, 2.24) is 4.90 Å². The maximum absolute atomic E-state index is 12.4. The lowest BCUT2D eigenvalue weighted by Crippen LogP contribution is -2.56. The van der Waals surface area contributed by atoms with Crippen LogP contribution < -0.4 is 4.90 Å². The lowest BCUT2D eigenvalue weighted by Gasteiger charge is -2.43. The second-order valence-electron chi connectivity index (χ2n) is 6.38. The number of carbonyl (C=O) groups excluding carboxylic acids is 1. The molecule has 1 unspecified atom stereocenters. The van der Waals surface area contributed by atoms with E-state index in [0.717, 1.165) is 19.6 Å². The highest BCUT2D eigenvalue weighted by Gasteiger charge is 2.33. The van der Waals surface area contributed by atoms with Crippen LogP contribution in [0.3, 0.4) is 0 Å². The predicted octanol–water partition coefficient (Wildman–Crippen LogP) is 2.77. The number of nitrogens with zero attached hydrogens (tertiary/aromatic N) is 2. The summed E-state index contributed by atoms with van der Waals surface area (Å²) in [5.74, 6) is 0.257. The number of hydrogen-bond donors (Lipinski definition) is 0. The zero-order valence-corrected chi connectivity index (χ0v) is 12.4. The van der Waals surface area contributed by atoms with Crippen LogP contribution in [-0.2, 0) is 4.79 Å². The normalized spacial score (nSPS) is 20.5. The molecule has 1 aromatic carbocycles. The summed E-state index contributed by atoms with van der Waals surface area (Å²) < 4.78 is 0. The summed E-state index contributed by atoms with van der Waals surface area (Å²) >= 11 is 0. The molecule has 2 rings (SSSR count). The average molecular weight is 260 g/mol. The number of anilines is 1. The molecule has 3 heteroatoms. The summed E-state index contributed by atoms with van der Waals surface area (Å²) in [6.07, 6.45) is 0. The standard InChI is InChI=1S/C16H24N2O/c1-13-12-17(14-8-6-5-7-9-14)10-11-18(13)15(19)16(2,3)4/h5-9,13H,10-12H2,1-4H3. The largest absolute Gasteiger partial charge is 0.368 e. The fraction of sp³-hybridized carbons (Fsp3) is 0.562. The van der Waals surface area contributed by atoms with E-state index in [9.17, 15) is 4.79 Å². The molecule has 1 aliphatic heterocycles. The Labute approximate surface area is 116 Å². The predicted molar refractivity (Wildman–Crippen MR) is 79.3 cm³/mol. The van der Waals surface area contributed by atoms with Gasteiger partial charge in [-0.25, -0.2) is 0 Å². The minimum Gasteiger partial charge on any atom is -0.368 e. The Hall–Kier alpha value is -1.51. The molecule has 1 amide bonds. The van der Waals surface area contributed by atoms with Crippen LogP contribution in [0.5, 0.6) is 0 Å². The zero-order valence-electron chi connectivity index (χ0n) is 12.4. The Kier molecular flexibility index (Phi) is 3.83. The van der Waals surface area contributed by atoms with Crippen molar-refractivity contribution < 1.29 is 4.79 Å². The van der Waals surface area contributed by atoms with E-state index < -0.39 is 0 Å². The zero-order chi connectivity index (χ0) is 14.0. The second kappa shape index (κ2) is 5.24. The fourth-order valence-corrected chi connectivity index (χ4v) is 2.56. The number of hydrogen-bond acceptors (Lipinski definition) is 2. The Morgan fingerprint density at radius 3 is 2.32 bits per heavy atom. The number of rotatable bonds is 1. The van der Waals surface area contributed by atoms with Gasteiger partial charge in [-0.1, -0.05) is 39.0 Å². The third-order valence-electron chi connectivity index (χ3n) is 3.65. The van der Waals surface area contributed by atoms with Gasteiger partial charge in [-0.2, -0.15) is 0 Å². The van der Waals surface area contributed by atoms with Gasteiger partial charge in [0, 0.05) is 36.8 Å². The highest BCUT2D eigenvalue weighted by atomic mass is 16.2. The Balaban J connectivity index is 2.05. The van der Waals surface area contributed by atoms with Crippen LogP contribution in [0.25, 0.3) is 0 Å². The SMILES string of the molecule is CC1CN(c2ccccc2)CCN1C(=O)C(C)(C)C. The van der Waals surface area contributed by atoms with Gasteiger partial charge < -0.3 is 9.80 Å². The molecule has 0 bridgehead atoms. The van der Waals surface area contributed by atoms with E-state index in [4.69, 9.17) is 0 Å². The van der Waals surface area contributed by atoms with E-state index in [-0.39, 0.29) is 17.4 Å². The molecule has 104 valence electrons. The fourth-order valence-electron chi connectivity index (χ4n) is 2.56. The average Bonchev–Trinajstić information content (AvgIpc) is 2.38. The summed E-state index contributed by atoms with van der Waals surface area (Å²) in [6.45, 7) is 10.7. The van der Waals surface area contributed by atoms with Gasteiger partial charge in [-0.15, -0.1) is 0 Å². The van der Waals surface area contributed by atoms with Crippen LogP contribution in [-0.4, -0.2) is 36.5 Å². The molecule has 1 fully saturated rings. The van der Waals surface area contributed by atoms with Crippen molar-refractivity contribution in [2.75, 3.05) is 24.5 Å². The minimum atomic E-state index is -0.289. The van der Waals surface area contributed by atoms with Crippen molar-refractivity contribution in [3.63, 3.8) is 0 Å². The highest BCUT2D eigenvalue weighted by Crippen LogP contribution is 2.23. The number of benzene rings is 1. The van der Waals surface area contributed by atoms with Crippen LogP contribution in [0.2, 0.25) is 0 Å². The third-order valence-corrected chi connectivity index (χ3v) is 3.65. The van der Waals surface area contributed by atoms with Crippen molar-refractivity contribution in [1.29, 1.82) is 0 Å². The van der Waals surface area contributed by atoms with Crippen LogP contribution >= 0.6 is 0 Å². The Bertz CT molecular complexity index is 436. The van der Waals surface area contributed by atoms with Crippen LogP contribution in [0.1, 0.15) is 27.7 Å². The highest BCUT2D eigenvalue weighted by molar-refractivity contribution is 5.82. The summed E-state index contributed by atoms with van der Waals surface area (Å²) in [5, 5.41) is 0. The van der Waals surface area contributed by atoms with Gasteiger partial charge in [-0.05, 0) is 19.1 Å². The number of piperazine rings is 1. The molecule has 3 nitrogen and oxygen atoms in total. The van der Waals surface area contributed by atoms with Crippen LogP contribution in [0, 0.1) is 5.41 Å². The van der Waals surface area contributed by atoms with E-state index in [1.54, 1.807) is 0 Å². The quantitative estimate of drug-likeness (QED) is 0.775. The number of amides is 1. The number of para-hydroxylation sites is 1. The van der Waals surface area contributed by atoms with E-state index >= 15 is 0 Å². The Morgan fingerprint density at radius 1 is 1.16 bits per heavy atom. The smallest absolute Gasteiger partial charge is 0.228 e. The number of carbonyl (C=O) groups is 1. The Morgan fingerprint density at radius 2 is 1.79 bits per heavy atom. The molecule has 1 saturated heterocycles.